The number of rotatable bonds is 2. The molecule has 1 unspecified atom stereocenters. The zero-order chi connectivity index (χ0) is 19.5. The highest BCUT2D eigenvalue weighted by atomic mass is 19.1. The molecule has 0 spiro atoms. The second-order valence-electron chi connectivity index (χ2n) is 7.06. The van der Waals surface area contributed by atoms with Gasteiger partial charge in [-0.15, -0.1) is 0 Å². The van der Waals surface area contributed by atoms with E-state index in [4.69, 9.17) is 5.84 Å². The lowest BCUT2D eigenvalue weighted by molar-refractivity contribution is 0.0694. The van der Waals surface area contributed by atoms with Crippen LogP contribution < -0.4 is 16.2 Å². The van der Waals surface area contributed by atoms with Gasteiger partial charge in [0.2, 0.25) is 5.43 Å². The van der Waals surface area contributed by atoms with Crippen molar-refractivity contribution >= 4 is 28.3 Å². The van der Waals surface area contributed by atoms with Crippen molar-refractivity contribution in [2.75, 3.05) is 31.1 Å². The number of benzene rings is 1. The summed E-state index contributed by atoms with van der Waals surface area (Å²) in [7, 11) is 0. The Labute approximate surface area is 153 Å². The molecule has 0 bridgehead atoms. The van der Waals surface area contributed by atoms with Crippen LogP contribution in [0.4, 0.5) is 10.1 Å². The topological polar surface area (TPSA) is 109 Å². The maximum absolute atomic E-state index is 15.1. The fraction of sp³-hybridized carbons (Fsp3) is 0.389. The number of carboxylic acid groups (broad SMARTS) is 1. The van der Waals surface area contributed by atoms with E-state index in [2.05, 4.69) is 0 Å². The molecule has 2 aliphatic rings. The van der Waals surface area contributed by atoms with Crippen LogP contribution in [0, 0.1) is 5.82 Å². The summed E-state index contributed by atoms with van der Waals surface area (Å²) in [5, 5.41) is 10.9. The van der Waals surface area contributed by atoms with Crippen LogP contribution in [0.25, 0.3) is 10.9 Å². The second-order valence-corrected chi connectivity index (χ2v) is 7.06. The number of aromatic carboxylic acids is 1. The Hall–Kier alpha value is -2.78. The standard InChI is InChI=1S/C18H19FN4O4/c1-9-6-13(24)14-15-10(17(25)11(18(26)27)8-23(9)15)7-12(19)16(14)21-2-4-22(20)5-3-21/h7-9H,2-6,20H2,1H3,(H,26,27). The molecule has 2 aromatic rings. The normalized spacial score (nSPS) is 20.3. The number of aromatic nitrogens is 1. The van der Waals surface area contributed by atoms with E-state index in [1.807, 2.05) is 0 Å². The summed E-state index contributed by atoms with van der Waals surface area (Å²) in [6.45, 7) is 3.71. The van der Waals surface area contributed by atoms with Crippen LogP contribution in [0.3, 0.4) is 0 Å². The Balaban J connectivity index is 2.06. The van der Waals surface area contributed by atoms with Crippen molar-refractivity contribution in [2.45, 2.75) is 19.4 Å². The lowest BCUT2D eigenvalue weighted by atomic mass is 9.92. The van der Waals surface area contributed by atoms with Crippen molar-refractivity contribution in [3.8, 4) is 0 Å². The second kappa shape index (κ2) is 6.14. The first kappa shape index (κ1) is 17.6. The molecular weight excluding hydrogens is 355 g/mol. The average molecular weight is 374 g/mol. The van der Waals surface area contributed by atoms with E-state index in [0.717, 1.165) is 6.07 Å². The Morgan fingerprint density at radius 3 is 2.56 bits per heavy atom. The van der Waals surface area contributed by atoms with Gasteiger partial charge in [-0.3, -0.25) is 15.4 Å². The molecule has 0 aliphatic carbocycles. The summed E-state index contributed by atoms with van der Waals surface area (Å²) >= 11 is 0. The average Bonchev–Trinajstić information content (AvgIpc) is 2.61. The summed E-state index contributed by atoms with van der Waals surface area (Å²) in [5.74, 6) is 3.44. The molecule has 1 saturated heterocycles. The highest BCUT2D eigenvalue weighted by Crippen LogP contribution is 2.38. The zero-order valence-corrected chi connectivity index (χ0v) is 14.7. The molecule has 3 heterocycles. The number of carboxylic acids is 1. The van der Waals surface area contributed by atoms with Gasteiger partial charge in [-0.2, -0.15) is 0 Å². The minimum Gasteiger partial charge on any atom is -0.477 e. The van der Waals surface area contributed by atoms with Crippen molar-refractivity contribution in [3.63, 3.8) is 0 Å². The van der Waals surface area contributed by atoms with Gasteiger partial charge in [-0.25, -0.2) is 14.2 Å². The lowest BCUT2D eigenvalue weighted by Gasteiger charge is -2.36. The summed E-state index contributed by atoms with van der Waals surface area (Å²) < 4.78 is 16.7. The van der Waals surface area contributed by atoms with Gasteiger partial charge >= 0.3 is 5.97 Å². The largest absolute Gasteiger partial charge is 0.477 e. The van der Waals surface area contributed by atoms with Gasteiger partial charge in [0.05, 0.1) is 22.2 Å². The first-order chi connectivity index (χ1) is 12.8. The van der Waals surface area contributed by atoms with Crippen LogP contribution in [-0.2, 0) is 0 Å². The van der Waals surface area contributed by atoms with E-state index in [9.17, 15) is 19.5 Å². The van der Waals surface area contributed by atoms with E-state index in [-0.39, 0.29) is 34.9 Å². The molecule has 0 radical (unpaired) electrons. The fourth-order valence-electron chi connectivity index (χ4n) is 3.97. The summed E-state index contributed by atoms with van der Waals surface area (Å²) in [6.07, 6.45) is 1.37. The van der Waals surface area contributed by atoms with E-state index in [1.54, 1.807) is 21.4 Å². The smallest absolute Gasteiger partial charge is 0.341 e. The third kappa shape index (κ3) is 2.62. The van der Waals surface area contributed by atoms with Crippen LogP contribution in [0.2, 0.25) is 0 Å². The molecule has 1 atom stereocenters. The predicted molar refractivity (Wildman–Crippen MR) is 96.8 cm³/mol. The molecule has 0 amide bonds. The number of nitrogens with two attached hydrogens (primary N) is 1. The van der Waals surface area contributed by atoms with Crippen molar-refractivity contribution in [1.82, 2.24) is 9.58 Å². The van der Waals surface area contributed by atoms with Crippen LogP contribution in [0.15, 0.2) is 17.1 Å². The van der Waals surface area contributed by atoms with Crippen LogP contribution in [0.1, 0.15) is 40.1 Å². The molecule has 8 nitrogen and oxygen atoms in total. The SMILES string of the molecule is CC1CC(=O)c2c(N3CCN(N)CC3)c(F)cc3c(=O)c(C(=O)O)cn1c23. The summed E-state index contributed by atoms with van der Waals surface area (Å²) in [6, 6.07) is 0.727. The Morgan fingerprint density at radius 1 is 1.26 bits per heavy atom. The number of ketones is 1. The van der Waals surface area contributed by atoms with Crippen molar-refractivity contribution < 1.29 is 19.1 Å². The maximum atomic E-state index is 15.1. The molecule has 3 N–H and O–H groups in total. The number of hydrogen-bond acceptors (Lipinski definition) is 6. The highest BCUT2D eigenvalue weighted by Gasteiger charge is 2.33. The monoisotopic (exact) mass is 374 g/mol. The number of hydrogen-bond donors (Lipinski definition) is 2. The molecule has 1 fully saturated rings. The van der Waals surface area contributed by atoms with Gasteiger partial charge in [0, 0.05) is 44.8 Å². The van der Waals surface area contributed by atoms with E-state index in [1.165, 1.54) is 6.20 Å². The molecule has 1 aromatic carbocycles. The molecule has 2 aliphatic heterocycles. The van der Waals surface area contributed by atoms with Crippen molar-refractivity contribution in [3.05, 3.63) is 39.4 Å². The number of hydrazine groups is 1. The molecule has 0 saturated carbocycles. The van der Waals surface area contributed by atoms with Gasteiger partial charge in [-0.05, 0) is 13.0 Å². The zero-order valence-electron chi connectivity index (χ0n) is 14.7. The number of Topliss-reactive ketones (excluding diaryl/α,β-unsaturated/α-hetero) is 1. The Bertz CT molecular complexity index is 1040. The van der Waals surface area contributed by atoms with E-state index >= 15 is 4.39 Å². The first-order valence-electron chi connectivity index (χ1n) is 8.72. The third-order valence-electron chi connectivity index (χ3n) is 5.34. The minimum absolute atomic E-state index is 0.0801. The van der Waals surface area contributed by atoms with E-state index < -0.39 is 22.8 Å². The van der Waals surface area contributed by atoms with Gasteiger partial charge in [-0.1, -0.05) is 0 Å². The van der Waals surface area contributed by atoms with Crippen molar-refractivity contribution in [1.29, 1.82) is 0 Å². The number of anilines is 1. The van der Waals surface area contributed by atoms with E-state index in [0.29, 0.717) is 31.7 Å². The van der Waals surface area contributed by atoms with Crippen LogP contribution >= 0.6 is 0 Å². The van der Waals surface area contributed by atoms with Gasteiger partial charge < -0.3 is 14.6 Å². The number of piperazine rings is 1. The van der Waals surface area contributed by atoms with Crippen LogP contribution in [0.5, 0.6) is 0 Å². The number of carbonyl (C=O) groups is 2. The van der Waals surface area contributed by atoms with Gasteiger partial charge in [0.15, 0.2) is 5.78 Å². The third-order valence-corrected chi connectivity index (χ3v) is 5.34. The molecular formula is C18H19FN4O4. The molecule has 27 heavy (non-hydrogen) atoms. The molecule has 1 aromatic heterocycles. The van der Waals surface area contributed by atoms with Gasteiger partial charge in [0.1, 0.15) is 11.4 Å². The van der Waals surface area contributed by atoms with Crippen molar-refractivity contribution in [2.24, 2.45) is 5.84 Å². The summed E-state index contributed by atoms with van der Waals surface area (Å²) in [5.41, 5.74) is -0.584. The fourth-order valence-corrected chi connectivity index (χ4v) is 3.97. The molecule has 9 heteroatoms. The predicted octanol–water partition coefficient (Wildman–Crippen LogP) is 0.982. The Morgan fingerprint density at radius 2 is 1.93 bits per heavy atom. The minimum atomic E-state index is -1.38. The summed E-state index contributed by atoms with van der Waals surface area (Å²) in [4.78, 5) is 38.6. The maximum Gasteiger partial charge on any atom is 0.341 e. The number of halogens is 1. The van der Waals surface area contributed by atoms with Gasteiger partial charge in [0.25, 0.3) is 0 Å². The van der Waals surface area contributed by atoms with Crippen LogP contribution in [-0.4, -0.2) is 52.6 Å². The molecule has 4 rings (SSSR count). The first-order valence-corrected chi connectivity index (χ1v) is 8.72. The number of pyridine rings is 1. The molecule has 142 valence electrons. The lowest BCUT2D eigenvalue weighted by Crippen LogP contribution is -2.50. The number of nitrogens with zero attached hydrogens (tertiary/aromatic N) is 3. The highest BCUT2D eigenvalue weighted by molar-refractivity contribution is 6.13. The number of carbonyl (C=O) groups excluding carboxylic acids is 1. The quantitative estimate of drug-likeness (QED) is 0.754. The Kier molecular flexibility index (Phi) is 4.01.